The number of benzene rings is 1. The quantitative estimate of drug-likeness (QED) is 0.768. The summed E-state index contributed by atoms with van der Waals surface area (Å²) in [5, 5.41) is 0. The summed E-state index contributed by atoms with van der Waals surface area (Å²) in [6.07, 6.45) is 4.85. The SMILES string of the molecule is CC(C)CN1CC[C@@H]2Oc3ccccc3S(=O)(=O)N(Cc3cccnc3)[C@H]2CC1. The number of nitrogens with zero attached hydrogens (tertiary/aromatic N) is 3. The molecule has 2 aromatic rings. The monoisotopic (exact) mass is 415 g/mol. The van der Waals surface area contributed by atoms with E-state index in [0.717, 1.165) is 38.0 Å². The highest BCUT2D eigenvalue weighted by Gasteiger charge is 2.43. The molecule has 156 valence electrons. The number of rotatable bonds is 4. The predicted octanol–water partition coefficient (Wildman–Crippen LogP) is 3.15. The van der Waals surface area contributed by atoms with Crippen molar-refractivity contribution >= 4 is 10.0 Å². The minimum atomic E-state index is -3.68. The van der Waals surface area contributed by atoms with Crippen LogP contribution in [0.1, 0.15) is 32.3 Å². The molecule has 2 aliphatic heterocycles. The van der Waals surface area contributed by atoms with Gasteiger partial charge in [0.2, 0.25) is 10.0 Å². The van der Waals surface area contributed by atoms with Gasteiger partial charge >= 0.3 is 0 Å². The van der Waals surface area contributed by atoms with Gasteiger partial charge in [-0.15, -0.1) is 0 Å². The molecule has 7 heteroatoms. The van der Waals surface area contributed by atoms with Crippen molar-refractivity contribution in [2.45, 2.75) is 50.3 Å². The van der Waals surface area contributed by atoms with E-state index >= 15 is 0 Å². The third-order valence-corrected chi connectivity index (χ3v) is 7.58. The van der Waals surface area contributed by atoms with Crippen molar-refractivity contribution in [2.24, 2.45) is 5.92 Å². The van der Waals surface area contributed by atoms with E-state index in [0.29, 0.717) is 18.2 Å². The molecule has 0 amide bonds. The van der Waals surface area contributed by atoms with Gasteiger partial charge < -0.3 is 9.64 Å². The Labute approximate surface area is 173 Å². The number of likely N-dealkylation sites (tertiary alicyclic amines) is 1. The Kier molecular flexibility index (Phi) is 5.90. The van der Waals surface area contributed by atoms with Gasteiger partial charge in [0.1, 0.15) is 16.7 Å². The van der Waals surface area contributed by atoms with Crippen molar-refractivity contribution < 1.29 is 13.2 Å². The number of hydrogen-bond donors (Lipinski definition) is 0. The van der Waals surface area contributed by atoms with E-state index in [1.54, 1.807) is 34.9 Å². The van der Waals surface area contributed by atoms with Crippen LogP contribution in [0.25, 0.3) is 0 Å². The van der Waals surface area contributed by atoms with Gasteiger partial charge in [0.25, 0.3) is 0 Å². The maximum Gasteiger partial charge on any atom is 0.247 e. The lowest BCUT2D eigenvalue weighted by molar-refractivity contribution is 0.110. The summed E-state index contributed by atoms with van der Waals surface area (Å²) >= 11 is 0. The fraction of sp³-hybridized carbons (Fsp3) is 0.500. The molecular weight excluding hydrogens is 386 g/mol. The molecule has 6 nitrogen and oxygen atoms in total. The molecule has 0 N–H and O–H groups in total. The summed E-state index contributed by atoms with van der Waals surface area (Å²) in [5.74, 6) is 1.04. The van der Waals surface area contributed by atoms with Gasteiger partial charge in [0.05, 0.1) is 6.04 Å². The van der Waals surface area contributed by atoms with Crippen LogP contribution in [0.2, 0.25) is 0 Å². The van der Waals surface area contributed by atoms with Crippen molar-refractivity contribution in [1.29, 1.82) is 0 Å². The van der Waals surface area contributed by atoms with Gasteiger partial charge in [-0.2, -0.15) is 4.31 Å². The zero-order valence-corrected chi connectivity index (χ0v) is 17.9. The lowest BCUT2D eigenvalue weighted by atomic mass is 10.1. The van der Waals surface area contributed by atoms with Crippen LogP contribution in [0.15, 0.2) is 53.7 Å². The maximum absolute atomic E-state index is 13.7. The minimum Gasteiger partial charge on any atom is -0.487 e. The van der Waals surface area contributed by atoms with E-state index in [-0.39, 0.29) is 17.0 Å². The Balaban J connectivity index is 1.72. The zero-order chi connectivity index (χ0) is 20.4. The fourth-order valence-corrected chi connectivity index (χ4v) is 6.17. The van der Waals surface area contributed by atoms with Gasteiger partial charge in [-0.25, -0.2) is 8.42 Å². The van der Waals surface area contributed by atoms with Crippen molar-refractivity contribution in [1.82, 2.24) is 14.2 Å². The van der Waals surface area contributed by atoms with Crippen molar-refractivity contribution in [2.75, 3.05) is 19.6 Å². The molecule has 0 bridgehead atoms. The van der Waals surface area contributed by atoms with Crippen molar-refractivity contribution in [3.63, 3.8) is 0 Å². The van der Waals surface area contributed by atoms with Crippen LogP contribution in [0.3, 0.4) is 0 Å². The van der Waals surface area contributed by atoms with Crippen molar-refractivity contribution in [3.05, 3.63) is 54.4 Å². The molecule has 0 unspecified atom stereocenters. The molecule has 1 aromatic carbocycles. The first-order valence-corrected chi connectivity index (χ1v) is 11.8. The molecule has 2 atom stereocenters. The van der Waals surface area contributed by atoms with E-state index in [1.165, 1.54) is 0 Å². The van der Waals surface area contributed by atoms with Gasteiger partial charge in [-0.3, -0.25) is 4.98 Å². The standard InChI is InChI=1S/C22H29N3O3S/c1-17(2)15-24-12-9-19-20(10-13-24)28-21-7-3-4-8-22(21)29(26,27)25(19)16-18-6-5-11-23-14-18/h3-8,11,14,17,19-20H,9-10,12-13,15-16H2,1-2H3/t19-,20-/m0/s1. The van der Waals surface area contributed by atoms with Gasteiger partial charge in [-0.1, -0.05) is 32.0 Å². The van der Waals surface area contributed by atoms with Crippen LogP contribution >= 0.6 is 0 Å². The van der Waals surface area contributed by atoms with Gasteiger partial charge in [0, 0.05) is 32.0 Å². The second-order valence-corrected chi connectivity index (χ2v) is 10.2. The van der Waals surface area contributed by atoms with E-state index < -0.39 is 10.0 Å². The smallest absolute Gasteiger partial charge is 0.247 e. The molecule has 2 aliphatic rings. The molecule has 4 rings (SSSR count). The first-order valence-electron chi connectivity index (χ1n) is 10.3. The third kappa shape index (κ3) is 4.32. The van der Waals surface area contributed by atoms with Crippen LogP contribution in [0.4, 0.5) is 0 Å². The summed E-state index contributed by atoms with van der Waals surface area (Å²) in [6.45, 7) is 7.55. The number of ether oxygens (including phenoxy) is 1. The number of hydrogen-bond acceptors (Lipinski definition) is 5. The van der Waals surface area contributed by atoms with E-state index in [4.69, 9.17) is 4.74 Å². The summed E-state index contributed by atoms with van der Waals surface area (Å²) in [4.78, 5) is 6.87. The first kappa shape index (κ1) is 20.3. The summed E-state index contributed by atoms with van der Waals surface area (Å²) in [7, 11) is -3.68. The Morgan fingerprint density at radius 3 is 2.69 bits per heavy atom. The lowest BCUT2D eigenvalue weighted by Crippen LogP contribution is -2.46. The maximum atomic E-state index is 13.7. The molecule has 0 aliphatic carbocycles. The van der Waals surface area contributed by atoms with E-state index in [2.05, 4.69) is 23.7 Å². The Morgan fingerprint density at radius 2 is 1.93 bits per heavy atom. The average molecular weight is 416 g/mol. The normalized spacial score (nSPS) is 24.8. The predicted molar refractivity (Wildman–Crippen MR) is 112 cm³/mol. The Morgan fingerprint density at radius 1 is 1.14 bits per heavy atom. The van der Waals surface area contributed by atoms with Crippen LogP contribution < -0.4 is 4.74 Å². The number of aromatic nitrogens is 1. The van der Waals surface area contributed by atoms with Gasteiger partial charge in [-0.05, 0) is 49.1 Å². The largest absolute Gasteiger partial charge is 0.487 e. The number of sulfonamides is 1. The number of pyridine rings is 1. The Hall–Kier alpha value is -1.96. The first-order chi connectivity index (χ1) is 13.9. The molecule has 29 heavy (non-hydrogen) atoms. The lowest BCUT2D eigenvalue weighted by Gasteiger charge is -2.31. The number of para-hydroxylation sites is 1. The van der Waals surface area contributed by atoms with Crippen LogP contribution in [-0.4, -0.2) is 54.4 Å². The highest BCUT2D eigenvalue weighted by molar-refractivity contribution is 7.89. The highest BCUT2D eigenvalue weighted by atomic mass is 32.2. The van der Waals surface area contributed by atoms with Crippen LogP contribution in [0, 0.1) is 5.92 Å². The highest BCUT2D eigenvalue weighted by Crippen LogP contribution is 2.37. The minimum absolute atomic E-state index is 0.165. The second kappa shape index (κ2) is 8.42. The summed E-state index contributed by atoms with van der Waals surface area (Å²) in [5.41, 5.74) is 0.887. The van der Waals surface area contributed by atoms with Crippen LogP contribution in [-0.2, 0) is 16.6 Å². The molecule has 1 fully saturated rings. The summed E-state index contributed by atoms with van der Waals surface area (Å²) in [6, 6.07) is 10.6. The molecule has 1 saturated heterocycles. The Bertz CT molecular complexity index is 933. The topological polar surface area (TPSA) is 62.7 Å². The molecule has 1 aromatic heterocycles. The zero-order valence-electron chi connectivity index (χ0n) is 17.1. The number of fused-ring (bicyclic) bond motifs is 2. The van der Waals surface area contributed by atoms with Crippen molar-refractivity contribution in [3.8, 4) is 5.75 Å². The molecule has 0 radical (unpaired) electrons. The van der Waals surface area contributed by atoms with E-state index in [1.807, 2.05) is 18.2 Å². The summed E-state index contributed by atoms with van der Waals surface area (Å²) < 4.78 is 35.3. The fourth-order valence-electron chi connectivity index (χ4n) is 4.38. The molecule has 3 heterocycles. The van der Waals surface area contributed by atoms with Crippen LogP contribution in [0.5, 0.6) is 5.75 Å². The molecular formula is C22H29N3O3S. The van der Waals surface area contributed by atoms with Gasteiger partial charge in [0.15, 0.2) is 0 Å². The molecule has 0 spiro atoms. The molecule has 0 saturated carbocycles. The average Bonchev–Trinajstić information content (AvgIpc) is 2.93. The third-order valence-electron chi connectivity index (χ3n) is 5.67. The van der Waals surface area contributed by atoms with E-state index in [9.17, 15) is 8.42 Å². The second-order valence-electron chi connectivity index (χ2n) is 8.35.